The van der Waals surface area contributed by atoms with Crippen molar-refractivity contribution in [3.8, 4) is 0 Å². The molecule has 0 unspecified atom stereocenters. The maximum atomic E-state index is 11.6. The predicted octanol–water partition coefficient (Wildman–Crippen LogP) is 1.94. The fourth-order valence-corrected chi connectivity index (χ4v) is 2.24. The average molecular weight is 318 g/mol. The second-order valence-electron chi connectivity index (χ2n) is 3.79. The molecule has 1 atom stereocenters. The average Bonchev–Trinajstić information content (AvgIpc) is 2.36. The van der Waals surface area contributed by atoms with E-state index in [1.165, 1.54) is 0 Å². The number of aliphatic carboxylic acids is 2. The number of amides is 1. The minimum atomic E-state index is -1.25. The first-order valence-electron chi connectivity index (χ1n) is 5.50. The third-order valence-corrected chi connectivity index (χ3v) is 3.63. The Morgan fingerprint density at radius 2 is 1.80 bits per heavy atom. The normalized spacial score (nSPS) is 11.7. The predicted molar refractivity (Wildman–Crippen MR) is 76.2 cm³/mol. The van der Waals surface area contributed by atoms with E-state index in [-0.39, 0.29) is 5.75 Å². The van der Waals surface area contributed by atoms with Gasteiger partial charge < -0.3 is 15.5 Å². The van der Waals surface area contributed by atoms with Crippen LogP contribution in [0.1, 0.15) is 6.42 Å². The summed E-state index contributed by atoms with van der Waals surface area (Å²) in [6, 6.07) is 6.43. The smallest absolute Gasteiger partial charge is 0.317 e. The van der Waals surface area contributed by atoms with Gasteiger partial charge in [-0.15, -0.1) is 11.8 Å². The summed E-state index contributed by atoms with van der Waals surface area (Å²) in [5.41, 5.74) is 0.533. The minimum Gasteiger partial charge on any atom is -0.481 e. The van der Waals surface area contributed by atoms with Crippen molar-refractivity contribution in [3.63, 3.8) is 0 Å². The van der Waals surface area contributed by atoms with E-state index in [4.69, 9.17) is 21.8 Å². The molecule has 0 saturated carbocycles. The molecule has 0 saturated heterocycles. The van der Waals surface area contributed by atoms with E-state index in [0.717, 1.165) is 11.8 Å². The lowest BCUT2D eigenvalue weighted by Crippen LogP contribution is -2.23. The molecule has 0 fully saturated rings. The summed E-state index contributed by atoms with van der Waals surface area (Å²) in [5.74, 6) is -3.03. The van der Waals surface area contributed by atoms with Crippen molar-refractivity contribution in [2.45, 2.75) is 11.7 Å². The van der Waals surface area contributed by atoms with Crippen LogP contribution in [0.5, 0.6) is 0 Å². The minimum absolute atomic E-state index is 0.146. The third-order valence-electron chi connectivity index (χ3n) is 2.18. The highest BCUT2D eigenvalue weighted by atomic mass is 35.5. The Hall–Kier alpha value is -1.73. The Morgan fingerprint density at radius 1 is 1.20 bits per heavy atom. The van der Waals surface area contributed by atoms with Gasteiger partial charge in [-0.25, -0.2) is 0 Å². The van der Waals surface area contributed by atoms with Crippen LogP contribution in [0.25, 0.3) is 0 Å². The van der Waals surface area contributed by atoms with Gasteiger partial charge in [0.25, 0.3) is 0 Å². The molecule has 0 aliphatic rings. The number of carboxylic acid groups (broad SMARTS) is 2. The highest BCUT2D eigenvalue weighted by Gasteiger charge is 2.22. The van der Waals surface area contributed by atoms with Crippen molar-refractivity contribution in [3.05, 3.63) is 29.3 Å². The van der Waals surface area contributed by atoms with Gasteiger partial charge in [-0.05, 0) is 24.3 Å². The number of thioether (sulfide) groups is 1. The standard InChI is InChI=1S/C12H12ClNO5S/c13-7-1-3-8(4-2-7)14-10(15)6-20-9(12(18)19)5-11(16)17/h1-4,9H,5-6H2,(H,14,15)(H,16,17)(H,18,19)/t9-/m0/s1. The van der Waals surface area contributed by atoms with Gasteiger partial charge >= 0.3 is 11.9 Å². The Labute approximate surface area is 124 Å². The van der Waals surface area contributed by atoms with Crippen molar-refractivity contribution >= 4 is 46.9 Å². The molecule has 0 bridgehead atoms. The molecule has 6 nitrogen and oxygen atoms in total. The molecule has 0 radical (unpaired) electrons. The Balaban J connectivity index is 2.47. The summed E-state index contributed by atoms with van der Waals surface area (Å²) in [6.45, 7) is 0. The molecule has 1 aromatic carbocycles. The first-order valence-corrected chi connectivity index (χ1v) is 6.93. The summed E-state index contributed by atoms with van der Waals surface area (Å²) in [7, 11) is 0. The fourth-order valence-electron chi connectivity index (χ4n) is 1.28. The number of carbonyl (C=O) groups excluding carboxylic acids is 1. The first kappa shape index (κ1) is 16.3. The molecule has 0 aliphatic heterocycles. The summed E-state index contributed by atoms with van der Waals surface area (Å²) in [4.78, 5) is 32.9. The van der Waals surface area contributed by atoms with E-state index < -0.39 is 29.5 Å². The van der Waals surface area contributed by atoms with Crippen LogP contribution >= 0.6 is 23.4 Å². The van der Waals surface area contributed by atoms with Gasteiger partial charge in [0.05, 0.1) is 12.2 Å². The molecule has 1 rings (SSSR count). The van der Waals surface area contributed by atoms with Crippen LogP contribution in [-0.2, 0) is 14.4 Å². The van der Waals surface area contributed by atoms with Gasteiger partial charge in [-0.1, -0.05) is 11.6 Å². The molecule has 0 aliphatic carbocycles. The molecular formula is C12H12ClNO5S. The quantitative estimate of drug-likeness (QED) is 0.710. The van der Waals surface area contributed by atoms with Crippen LogP contribution < -0.4 is 5.32 Å². The summed E-state index contributed by atoms with van der Waals surface area (Å²) < 4.78 is 0. The van der Waals surface area contributed by atoms with E-state index in [1.807, 2.05) is 0 Å². The van der Waals surface area contributed by atoms with Gasteiger partial charge in [-0.3, -0.25) is 14.4 Å². The van der Waals surface area contributed by atoms with E-state index in [1.54, 1.807) is 24.3 Å². The van der Waals surface area contributed by atoms with E-state index in [9.17, 15) is 14.4 Å². The maximum absolute atomic E-state index is 11.6. The Bertz CT molecular complexity index is 505. The van der Waals surface area contributed by atoms with Gasteiger partial charge in [0.15, 0.2) is 0 Å². The lowest BCUT2D eigenvalue weighted by Gasteiger charge is -2.09. The molecule has 20 heavy (non-hydrogen) atoms. The zero-order valence-electron chi connectivity index (χ0n) is 10.2. The lowest BCUT2D eigenvalue weighted by molar-refractivity contribution is -0.142. The van der Waals surface area contributed by atoms with Gasteiger partial charge in [-0.2, -0.15) is 0 Å². The Morgan fingerprint density at radius 3 is 2.30 bits per heavy atom. The van der Waals surface area contributed by atoms with Crippen LogP contribution in [0.4, 0.5) is 5.69 Å². The first-order chi connectivity index (χ1) is 9.38. The van der Waals surface area contributed by atoms with Crippen molar-refractivity contribution in [1.82, 2.24) is 0 Å². The van der Waals surface area contributed by atoms with Crippen molar-refractivity contribution in [2.75, 3.05) is 11.1 Å². The second-order valence-corrected chi connectivity index (χ2v) is 5.42. The zero-order valence-corrected chi connectivity index (χ0v) is 11.8. The Kier molecular flexibility index (Phi) is 6.33. The molecule has 0 spiro atoms. The second kappa shape index (κ2) is 7.76. The topological polar surface area (TPSA) is 104 Å². The molecule has 1 amide bonds. The summed E-state index contributed by atoms with van der Waals surface area (Å²) >= 11 is 6.47. The van der Waals surface area contributed by atoms with Crippen LogP contribution in [0.2, 0.25) is 5.02 Å². The van der Waals surface area contributed by atoms with Crippen LogP contribution in [0, 0.1) is 0 Å². The van der Waals surface area contributed by atoms with Crippen molar-refractivity contribution < 1.29 is 24.6 Å². The summed E-state index contributed by atoms with van der Waals surface area (Å²) in [5, 5.41) is 19.3. The lowest BCUT2D eigenvalue weighted by atomic mass is 10.3. The number of carbonyl (C=O) groups is 3. The monoisotopic (exact) mass is 317 g/mol. The molecule has 1 aromatic rings. The van der Waals surface area contributed by atoms with Crippen LogP contribution in [-0.4, -0.2) is 39.1 Å². The number of carboxylic acids is 2. The van der Waals surface area contributed by atoms with Crippen molar-refractivity contribution in [1.29, 1.82) is 0 Å². The highest BCUT2D eigenvalue weighted by molar-refractivity contribution is 8.01. The maximum Gasteiger partial charge on any atom is 0.317 e. The zero-order chi connectivity index (χ0) is 15.1. The molecule has 0 aromatic heterocycles. The number of halogens is 1. The number of hydrogen-bond donors (Lipinski definition) is 3. The van der Waals surface area contributed by atoms with Crippen LogP contribution in [0.15, 0.2) is 24.3 Å². The van der Waals surface area contributed by atoms with E-state index in [2.05, 4.69) is 5.32 Å². The molecular weight excluding hydrogens is 306 g/mol. The van der Waals surface area contributed by atoms with Crippen molar-refractivity contribution in [2.24, 2.45) is 0 Å². The molecule has 3 N–H and O–H groups in total. The number of hydrogen-bond acceptors (Lipinski definition) is 4. The number of benzene rings is 1. The highest BCUT2D eigenvalue weighted by Crippen LogP contribution is 2.17. The third kappa shape index (κ3) is 5.94. The molecule has 8 heteroatoms. The number of rotatable bonds is 7. The SMILES string of the molecule is O=C(O)C[C@H](SCC(=O)Nc1ccc(Cl)cc1)C(=O)O. The van der Waals surface area contributed by atoms with Crippen LogP contribution in [0.3, 0.4) is 0 Å². The number of nitrogens with one attached hydrogen (secondary N) is 1. The number of anilines is 1. The molecule has 0 heterocycles. The van der Waals surface area contributed by atoms with Gasteiger partial charge in [0.2, 0.25) is 5.91 Å². The van der Waals surface area contributed by atoms with Gasteiger partial charge in [0.1, 0.15) is 5.25 Å². The van der Waals surface area contributed by atoms with Gasteiger partial charge in [0, 0.05) is 10.7 Å². The van der Waals surface area contributed by atoms with E-state index >= 15 is 0 Å². The van der Waals surface area contributed by atoms with E-state index in [0.29, 0.717) is 10.7 Å². The molecule has 108 valence electrons. The fraction of sp³-hybridized carbons (Fsp3) is 0.250. The summed E-state index contributed by atoms with van der Waals surface area (Å²) in [6.07, 6.45) is -0.534. The largest absolute Gasteiger partial charge is 0.481 e.